The first-order valence-electron chi connectivity index (χ1n) is 9.27. The quantitative estimate of drug-likeness (QED) is 0.537. The van der Waals surface area contributed by atoms with E-state index in [2.05, 4.69) is 15.8 Å². The molecule has 0 unspecified atom stereocenters. The summed E-state index contributed by atoms with van der Waals surface area (Å²) in [4.78, 5) is 28.2. The third-order valence-electron chi connectivity index (χ3n) is 4.31. The van der Waals surface area contributed by atoms with Crippen molar-refractivity contribution in [1.82, 2.24) is 20.4 Å². The van der Waals surface area contributed by atoms with Crippen LogP contribution < -0.4 is 20.3 Å². The SMILES string of the molecule is CCOc1c(Cl)cc(C(=O)NNC(=O)Cn2c(C(F)(F)F)nc3ccccc32)cc1OC. The van der Waals surface area contributed by atoms with Gasteiger partial charge >= 0.3 is 6.18 Å². The first kappa shape index (κ1) is 23.2. The molecule has 0 radical (unpaired) electrons. The van der Waals surface area contributed by atoms with Crippen LogP contribution in [0.4, 0.5) is 13.2 Å². The molecule has 8 nitrogen and oxygen atoms in total. The van der Waals surface area contributed by atoms with Crippen LogP contribution in [0, 0.1) is 0 Å². The number of amides is 2. The van der Waals surface area contributed by atoms with Gasteiger partial charge in [0, 0.05) is 5.56 Å². The first-order chi connectivity index (χ1) is 15.2. The Labute approximate surface area is 185 Å². The number of nitrogens with one attached hydrogen (secondary N) is 2. The molecule has 0 aliphatic carbocycles. The summed E-state index contributed by atoms with van der Waals surface area (Å²) in [6, 6.07) is 8.55. The minimum atomic E-state index is -4.77. The Morgan fingerprint density at radius 2 is 1.91 bits per heavy atom. The summed E-state index contributed by atoms with van der Waals surface area (Å²) in [7, 11) is 1.37. The van der Waals surface area contributed by atoms with E-state index in [0.29, 0.717) is 6.61 Å². The number of nitrogens with zero attached hydrogens (tertiary/aromatic N) is 2. The maximum atomic E-state index is 13.3. The Hall–Kier alpha value is -3.47. The summed E-state index contributed by atoms with van der Waals surface area (Å²) in [5.74, 6) is -2.41. The summed E-state index contributed by atoms with van der Waals surface area (Å²) in [5.41, 5.74) is 4.49. The first-order valence-corrected chi connectivity index (χ1v) is 9.65. The molecule has 3 aromatic rings. The molecule has 2 aromatic carbocycles. The molecule has 1 heterocycles. The van der Waals surface area contributed by atoms with Crippen LogP contribution in [0.15, 0.2) is 36.4 Å². The molecular formula is C20H18ClF3N4O4. The molecule has 0 aliphatic heterocycles. The molecule has 0 saturated heterocycles. The van der Waals surface area contributed by atoms with Gasteiger partial charge in [-0.15, -0.1) is 0 Å². The Bertz CT molecular complexity index is 1160. The van der Waals surface area contributed by atoms with E-state index in [0.717, 1.165) is 4.57 Å². The zero-order valence-corrected chi connectivity index (χ0v) is 17.7. The Balaban J connectivity index is 1.75. The standard InChI is InChI=1S/C20H18ClF3N4O4/c1-3-32-17-12(21)8-11(9-15(17)31-2)18(30)27-26-16(29)10-28-14-7-5-4-6-13(14)25-19(28)20(22,23)24/h4-9H,3,10H2,1-2H3,(H,26,29)(H,27,30). The molecule has 0 bridgehead atoms. The van der Waals surface area contributed by atoms with E-state index in [1.54, 1.807) is 6.92 Å². The lowest BCUT2D eigenvalue weighted by Gasteiger charge is -2.14. The number of hydrogen-bond donors (Lipinski definition) is 2. The molecule has 12 heteroatoms. The second-order valence-electron chi connectivity index (χ2n) is 6.43. The Morgan fingerprint density at radius 1 is 1.19 bits per heavy atom. The van der Waals surface area contributed by atoms with Crippen LogP contribution in [-0.2, 0) is 17.5 Å². The van der Waals surface area contributed by atoms with Crippen LogP contribution in [0.3, 0.4) is 0 Å². The average Bonchev–Trinajstić information content (AvgIpc) is 3.12. The van der Waals surface area contributed by atoms with E-state index >= 15 is 0 Å². The number of alkyl halides is 3. The summed E-state index contributed by atoms with van der Waals surface area (Å²) >= 11 is 6.12. The van der Waals surface area contributed by atoms with Crippen molar-refractivity contribution in [2.45, 2.75) is 19.6 Å². The van der Waals surface area contributed by atoms with Crippen molar-refractivity contribution in [3.63, 3.8) is 0 Å². The fourth-order valence-corrected chi connectivity index (χ4v) is 3.23. The monoisotopic (exact) mass is 470 g/mol. The predicted octanol–water partition coefficient (Wildman–Crippen LogP) is 3.58. The van der Waals surface area contributed by atoms with E-state index in [9.17, 15) is 22.8 Å². The largest absolute Gasteiger partial charge is 0.493 e. The van der Waals surface area contributed by atoms with Crippen LogP contribution in [0.25, 0.3) is 11.0 Å². The Morgan fingerprint density at radius 3 is 2.56 bits per heavy atom. The normalized spacial score (nSPS) is 11.3. The van der Waals surface area contributed by atoms with E-state index in [1.807, 2.05) is 0 Å². The number of methoxy groups -OCH3 is 1. The summed E-state index contributed by atoms with van der Waals surface area (Å²) in [5, 5.41) is 0.113. The lowest BCUT2D eigenvalue weighted by Crippen LogP contribution is -2.43. The molecule has 0 atom stereocenters. The fourth-order valence-electron chi connectivity index (χ4n) is 2.97. The van der Waals surface area contributed by atoms with Gasteiger partial charge in [-0.3, -0.25) is 20.4 Å². The van der Waals surface area contributed by atoms with E-state index < -0.39 is 30.4 Å². The lowest BCUT2D eigenvalue weighted by molar-refractivity contribution is -0.147. The van der Waals surface area contributed by atoms with Gasteiger partial charge in [-0.25, -0.2) is 4.98 Å². The van der Waals surface area contributed by atoms with Crippen LogP contribution in [0.1, 0.15) is 23.1 Å². The van der Waals surface area contributed by atoms with Gasteiger partial charge in [0.2, 0.25) is 5.82 Å². The topological polar surface area (TPSA) is 94.5 Å². The molecule has 0 fully saturated rings. The second kappa shape index (κ2) is 9.35. The highest BCUT2D eigenvalue weighted by Gasteiger charge is 2.38. The number of hydrazine groups is 1. The zero-order valence-electron chi connectivity index (χ0n) is 16.9. The summed E-state index contributed by atoms with van der Waals surface area (Å²) in [6.07, 6.45) is -4.77. The minimum Gasteiger partial charge on any atom is -0.493 e. The third-order valence-corrected chi connectivity index (χ3v) is 4.59. The molecule has 3 rings (SSSR count). The van der Waals surface area contributed by atoms with Crippen LogP contribution in [0.2, 0.25) is 5.02 Å². The highest BCUT2D eigenvalue weighted by molar-refractivity contribution is 6.32. The number of halogens is 4. The molecular weight excluding hydrogens is 453 g/mol. The van der Waals surface area contributed by atoms with Gasteiger partial charge in [0.15, 0.2) is 11.5 Å². The molecule has 0 spiro atoms. The fraction of sp³-hybridized carbons (Fsp3) is 0.250. The van der Waals surface area contributed by atoms with Crippen LogP contribution in [0.5, 0.6) is 11.5 Å². The second-order valence-corrected chi connectivity index (χ2v) is 6.84. The average molecular weight is 471 g/mol. The maximum Gasteiger partial charge on any atom is 0.449 e. The number of fused-ring (bicyclic) bond motifs is 1. The summed E-state index contributed by atoms with van der Waals surface area (Å²) in [6.45, 7) is 1.35. The van der Waals surface area contributed by atoms with E-state index in [4.69, 9.17) is 21.1 Å². The number of para-hydroxylation sites is 2. The van der Waals surface area contributed by atoms with Crippen molar-refractivity contribution in [1.29, 1.82) is 0 Å². The number of aromatic nitrogens is 2. The number of hydrogen-bond acceptors (Lipinski definition) is 5. The molecule has 1 aromatic heterocycles. The van der Waals surface area contributed by atoms with Gasteiger partial charge in [0.1, 0.15) is 6.54 Å². The van der Waals surface area contributed by atoms with Crippen molar-refractivity contribution in [2.24, 2.45) is 0 Å². The van der Waals surface area contributed by atoms with E-state index in [-0.39, 0.29) is 33.1 Å². The molecule has 2 N–H and O–H groups in total. The van der Waals surface area contributed by atoms with Crippen LogP contribution >= 0.6 is 11.6 Å². The molecule has 170 valence electrons. The number of imidazole rings is 1. The zero-order chi connectivity index (χ0) is 23.5. The molecule has 0 saturated carbocycles. The highest BCUT2D eigenvalue weighted by Crippen LogP contribution is 2.36. The number of carbonyl (C=O) groups is 2. The number of carbonyl (C=O) groups excluding carboxylic acids is 2. The van der Waals surface area contributed by atoms with E-state index in [1.165, 1.54) is 43.5 Å². The smallest absolute Gasteiger partial charge is 0.449 e. The van der Waals surface area contributed by atoms with Crippen molar-refractivity contribution in [2.75, 3.05) is 13.7 Å². The van der Waals surface area contributed by atoms with Gasteiger partial charge in [-0.2, -0.15) is 13.2 Å². The third kappa shape index (κ3) is 4.88. The number of benzene rings is 2. The maximum absolute atomic E-state index is 13.3. The van der Waals surface area contributed by atoms with Crippen molar-refractivity contribution in [3.8, 4) is 11.5 Å². The van der Waals surface area contributed by atoms with Gasteiger partial charge in [-0.05, 0) is 31.2 Å². The Kier molecular flexibility index (Phi) is 6.78. The lowest BCUT2D eigenvalue weighted by atomic mass is 10.2. The predicted molar refractivity (Wildman–Crippen MR) is 110 cm³/mol. The van der Waals surface area contributed by atoms with Crippen molar-refractivity contribution >= 4 is 34.4 Å². The number of ether oxygens (including phenoxy) is 2. The molecule has 32 heavy (non-hydrogen) atoms. The van der Waals surface area contributed by atoms with Gasteiger partial charge in [0.05, 0.1) is 29.8 Å². The highest BCUT2D eigenvalue weighted by atomic mass is 35.5. The molecule has 0 aliphatic rings. The summed E-state index contributed by atoms with van der Waals surface area (Å²) < 4.78 is 51.3. The van der Waals surface area contributed by atoms with Crippen LogP contribution in [-0.4, -0.2) is 35.1 Å². The molecule has 2 amide bonds. The number of rotatable bonds is 6. The van der Waals surface area contributed by atoms with Gasteiger partial charge in [-0.1, -0.05) is 23.7 Å². The van der Waals surface area contributed by atoms with Crippen molar-refractivity contribution in [3.05, 3.63) is 52.8 Å². The van der Waals surface area contributed by atoms with Crippen molar-refractivity contribution < 1.29 is 32.2 Å². The van der Waals surface area contributed by atoms with Gasteiger partial charge < -0.3 is 14.0 Å². The van der Waals surface area contributed by atoms with Gasteiger partial charge in [0.25, 0.3) is 11.8 Å². The minimum absolute atomic E-state index is 0.0414.